The Morgan fingerprint density at radius 2 is 2.00 bits per heavy atom. The van der Waals surface area contributed by atoms with Gasteiger partial charge in [0.1, 0.15) is 28.7 Å². The third kappa shape index (κ3) is 7.91. The molecule has 268 valence electrons. The lowest BCUT2D eigenvalue weighted by atomic mass is 9.68. The van der Waals surface area contributed by atoms with Gasteiger partial charge in [0.25, 0.3) is 5.91 Å². The average molecular weight is 713 g/mol. The van der Waals surface area contributed by atoms with E-state index in [9.17, 15) is 9.00 Å². The van der Waals surface area contributed by atoms with Crippen LogP contribution in [0.25, 0.3) is 0 Å². The van der Waals surface area contributed by atoms with Crippen LogP contribution in [-0.4, -0.2) is 79.2 Å². The Labute approximate surface area is 299 Å². The lowest BCUT2D eigenvalue weighted by Crippen LogP contribution is -2.50. The SMILES string of the molecule is COCCN(C)/C(C)=N/OC1CCCC(C)C(C)S(=O)NC(=O)c2ccc3c(c2)N(CC2CCC21)C[C@@]1(CCCc2cc(Cl)ccc21)CO3. The number of likely N-dealkylation sites (N-methyl/N-ethyl adjacent to an activating group) is 1. The van der Waals surface area contributed by atoms with Crippen molar-refractivity contribution in [1.29, 1.82) is 0 Å². The summed E-state index contributed by atoms with van der Waals surface area (Å²) < 4.78 is 28.1. The van der Waals surface area contributed by atoms with E-state index in [2.05, 4.69) is 38.7 Å². The number of methoxy groups -OCH3 is 1. The highest BCUT2D eigenvalue weighted by Crippen LogP contribution is 2.47. The third-order valence-corrected chi connectivity index (χ3v) is 13.5. The molecule has 2 heterocycles. The van der Waals surface area contributed by atoms with E-state index in [-0.39, 0.29) is 28.6 Å². The van der Waals surface area contributed by atoms with E-state index in [4.69, 9.17) is 25.9 Å². The fourth-order valence-corrected chi connectivity index (χ4v) is 9.37. The molecule has 0 radical (unpaired) electrons. The Balaban J connectivity index is 1.35. The van der Waals surface area contributed by atoms with Gasteiger partial charge in [-0.2, -0.15) is 0 Å². The first-order valence-corrected chi connectivity index (χ1v) is 19.6. The monoisotopic (exact) mass is 712 g/mol. The normalized spacial score (nSPS) is 30.6. The molecule has 1 N–H and O–H groups in total. The molecule has 6 rings (SSSR count). The first-order valence-electron chi connectivity index (χ1n) is 18.0. The number of rotatable bonds is 5. The topological polar surface area (TPSA) is 92.7 Å². The van der Waals surface area contributed by atoms with Gasteiger partial charge >= 0.3 is 0 Å². The molecule has 11 heteroatoms. The van der Waals surface area contributed by atoms with Crippen molar-refractivity contribution in [3.05, 3.63) is 58.1 Å². The van der Waals surface area contributed by atoms with Crippen molar-refractivity contribution in [2.45, 2.75) is 88.9 Å². The van der Waals surface area contributed by atoms with Crippen LogP contribution >= 0.6 is 11.6 Å². The van der Waals surface area contributed by atoms with Crippen LogP contribution in [0, 0.1) is 17.8 Å². The molecule has 2 bridgehead atoms. The Morgan fingerprint density at radius 3 is 2.78 bits per heavy atom. The third-order valence-electron chi connectivity index (χ3n) is 11.7. The second kappa shape index (κ2) is 15.6. The standard InChI is InChI=1S/C38H53ClN4O5S/c1-25-8-6-10-35(48-40-27(3)42(4)18-19-46-5)32-14-11-30(32)22-43-23-38(17-7-9-28-20-31(39)13-15-33(28)38)24-47-36-16-12-29(21-34(36)43)37(44)41-49(45)26(25)2/h12-13,15-16,20-21,25-26,30,32,35H,6-11,14,17-19,22-24H2,1-5H3,(H,41,44)/b40-27+/t25?,26?,30?,32?,35?,38-,49?/m0/s1. The molecule has 0 saturated heterocycles. The lowest BCUT2D eigenvalue weighted by Gasteiger charge is -2.46. The van der Waals surface area contributed by atoms with Crippen LogP contribution in [0.4, 0.5) is 5.69 Å². The summed E-state index contributed by atoms with van der Waals surface area (Å²) >= 11 is 6.47. The minimum absolute atomic E-state index is 0.0225. The van der Waals surface area contributed by atoms with Crippen LogP contribution in [0.1, 0.15) is 87.2 Å². The number of hydrogen-bond donors (Lipinski definition) is 1. The second-order valence-corrected chi connectivity index (χ2v) is 16.8. The molecule has 4 aliphatic rings. The minimum atomic E-state index is -1.52. The number of fused-ring (bicyclic) bond motifs is 4. The molecule has 1 fully saturated rings. The van der Waals surface area contributed by atoms with E-state index >= 15 is 0 Å². The van der Waals surface area contributed by atoms with Crippen LogP contribution in [0.5, 0.6) is 5.75 Å². The van der Waals surface area contributed by atoms with Gasteiger partial charge in [0.15, 0.2) is 0 Å². The largest absolute Gasteiger partial charge is 0.490 e. The summed E-state index contributed by atoms with van der Waals surface area (Å²) in [6, 6.07) is 12.0. The maximum Gasteiger partial charge on any atom is 0.263 e. The van der Waals surface area contributed by atoms with Crippen molar-refractivity contribution < 1.29 is 23.3 Å². The number of nitrogens with zero attached hydrogens (tertiary/aromatic N) is 3. The van der Waals surface area contributed by atoms with E-state index in [1.54, 1.807) is 13.2 Å². The Hall–Kier alpha value is -2.82. The molecule has 2 aliphatic carbocycles. The molecule has 1 saturated carbocycles. The van der Waals surface area contributed by atoms with Crippen molar-refractivity contribution in [3.63, 3.8) is 0 Å². The van der Waals surface area contributed by atoms with Gasteiger partial charge in [0, 0.05) is 55.7 Å². The molecule has 2 aromatic carbocycles. The van der Waals surface area contributed by atoms with Crippen molar-refractivity contribution in [3.8, 4) is 5.75 Å². The number of hydrogen-bond acceptors (Lipinski definition) is 7. The first kappa shape index (κ1) is 36.0. The highest BCUT2D eigenvalue weighted by molar-refractivity contribution is 7.84. The van der Waals surface area contributed by atoms with Gasteiger partial charge in [0.05, 0.1) is 24.2 Å². The number of carbonyl (C=O) groups excluding carboxylic acids is 1. The fourth-order valence-electron chi connectivity index (χ4n) is 8.13. The molecule has 7 atom stereocenters. The summed E-state index contributed by atoms with van der Waals surface area (Å²) in [5.41, 5.74) is 3.81. The zero-order valence-electron chi connectivity index (χ0n) is 29.7. The van der Waals surface area contributed by atoms with Crippen molar-refractivity contribution in [2.75, 3.05) is 51.9 Å². The Bertz CT molecular complexity index is 1560. The van der Waals surface area contributed by atoms with Crippen molar-refractivity contribution in [2.24, 2.45) is 22.9 Å². The molecule has 6 unspecified atom stereocenters. The highest BCUT2D eigenvalue weighted by Gasteiger charge is 2.45. The summed E-state index contributed by atoms with van der Waals surface area (Å²) in [4.78, 5) is 24.5. The molecular formula is C38H53ClN4O5S. The molecule has 2 aromatic rings. The number of amides is 1. The van der Waals surface area contributed by atoms with Crippen LogP contribution in [-0.2, 0) is 32.4 Å². The smallest absolute Gasteiger partial charge is 0.263 e. The van der Waals surface area contributed by atoms with Crippen LogP contribution in [0.15, 0.2) is 41.6 Å². The van der Waals surface area contributed by atoms with Gasteiger partial charge in [-0.05, 0) is 119 Å². The van der Waals surface area contributed by atoms with Gasteiger partial charge in [0.2, 0.25) is 0 Å². The number of aryl methyl sites for hydroxylation is 1. The Morgan fingerprint density at radius 1 is 1.16 bits per heavy atom. The summed E-state index contributed by atoms with van der Waals surface area (Å²) in [6.07, 6.45) is 7.96. The maximum absolute atomic E-state index is 13.5. The predicted molar refractivity (Wildman–Crippen MR) is 197 cm³/mol. The van der Waals surface area contributed by atoms with E-state index < -0.39 is 11.0 Å². The molecule has 2 aliphatic heterocycles. The molecular weight excluding hydrogens is 660 g/mol. The number of benzene rings is 2. The van der Waals surface area contributed by atoms with Gasteiger partial charge in [-0.15, -0.1) is 0 Å². The van der Waals surface area contributed by atoms with Crippen molar-refractivity contribution in [1.82, 2.24) is 9.62 Å². The van der Waals surface area contributed by atoms with Gasteiger partial charge < -0.3 is 24.1 Å². The van der Waals surface area contributed by atoms with Gasteiger partial charge in [-0.3, -0.25) is 9.52 Å². The highest BCUT2D eigenvalue weighted by atomic mass is 35.5. The second-order valence-electron chi connectivity index (χ2n) is 14.8. The zero-order valence-corrected chi connectivity index (χ0v) is 31.3. The van der Waals surface area contributed by atoms with Gasteiger partial charge in [-0.25, -0.2) is 4.21 Å². The quantitative estimate of drug-likeness (QED) is 0.209. The zero-order chi connectivity index (χ0) is 34.7. The van der Waals surface area contributed by atoms with E-state index in [0.29, 0.717) is 30.6 Å². The van der Waals surface area contributed by atoms with E-state index in [1.165, 1.54) is 11.1 Å². The molecule has 0 aromatic heterocycles. The number of nitrogens with one attached hydrogen (secondary N) is 1. The summed E-state index contributed by atoms with van der Waals surface area (Å²) in [5, 5.41) is 5.22. The van der Waals surface area contributed by atoms with Crippen LogP contribution in [0.3, 0.4) is 0 Å². The van der Waals surface area contributed by atoms with Crippen molar-refractivity contribution >= 4 is 40.0 Å². The molecule has 49 heavy (non-hydrogen) atoms. The summed E-state index contributed by atoms with van der Waals surface area (Å²) in [6.45, 7) is 9.59. The number of halogens is 1. The molecule has 9 nitrogen and oxygen atoms in total. The number of oxime groups is 1. The number of ether oxygens (including phenoxy) is 2. The number of anilines is 1. The fraction of sp³-hybridized carbons (Fsp3) is 0.632. The van der Waals surface area contributed by atoms with Crippen LogP contribution in [0.2, 0.25) is 5.02 Å². The number of amidine groups is 1. The van der Waals surface area contributed by atoms with Gasteiger partial charge in [-0.1, -0.05) is 29.7 Å². The van der Waals surface area contributed by atoms with E-state index in [0.717, 1.165) is 93.3 Å². The number of carbonyl (C=O) groups is 1. The minimum Gasteiger partial charge on any atom is -0.490 e. The first-order chi connectivity index (χ1) is 23.6. The molecule has 1 spiro atoms. The predicted octanol–water partition coefficient (Wildman–Crippen LogP) is 6.74. The maximum atomic E-state index is 13.5. The summed E-state index contributed by atoms with van der Waals surface area (Å²) in [7, 11) is 2.19. The Kier molecular flexibility index (Phi) is 11.5. The lowest BCUT2D eigenvalue weighted by molar-refractivity contribution is -0.0471. The molecule has 1 amide bonds. The summed E-state index contributed by atoms with van der Waals surface area (Å²) in [5.74, 6) is 2.21. The average Bonchev–Trinajstić information content (AvgIpc) is 3.23. The van der Waals surface area contributed by atoms with Crippen LogP contribution < -0.4 is 14.4 Å². The van der Waals surface area contributed by atoms with E-state index in [1.807, 2.05) is 39.1 Å².